The summed E-state index contributed by atoms with van der Waals surface area (Å²) in [5, 5.41) is 3.21. The van der Waals surface area contributed by atoms with Gasteiger partial charge in [0.15, 0.2) is 17.5 Å². The van der Waals surface area contributed by atoms with Crippen molar-refractivity contribution in [3.8, 4) is 11.5 Å². The average Bonchev–Trinajstić information content (AvgIpc) is 2.63. The van der Waals surface area contributed by atoms with Crippen molar-refractivity contribution in [2.24, 2.45) is 4.99 Å². The van der Waals surface area contributed by atoms with Crippen LogP contribution in [-0.4, -0.2) is 45.2 Å². The van der Waals surface area contributed by atoms with E-state index in [-0.39, 0.29) is 11.6 Å². The van der Waals surface area contributed by atoms with Crippen molar-refractivity contribution in [3.05, 3.63) is 59.9 Å². The Hall–Kier alpha value is -2.76. The van der Waals surface area contributed by atoms with Crippen molar-refractivity contribution in [2.45, 2.75) is 6.54 Å². The summed E-state index contributed by atoms with van der Waals surface area (Å²) in [6.07, 6.45) is 0. The van der Waals surface area contributed by atoms with E-state index in [1.165, 1.54) is 13.2 Å². The smallest absolute Gasteiger partial charge is 0.193 e. The zero-order valence-corrected chi connectivity index (χ0v) is 14.8. The molecule has 0 heterocycles. The summed E-state index contributed by atoms with van der Waals surface area (Å²) in [5.41, 5.74) is 0.813. The van der Waals surface area contributed by atoms with Gasteiger partial charge in [-0.2, -0.15) is 0 Å². The Morgan fingerprint density at radius 3 is 2.60 bits per heavy atom. The van der Waals surface area contributed by atoms with Crippen LogP contribution in [0.5, 0.6) is 11.5 Å². The predicted octanol–water partition coefficient (Wildman–Crippen LogP) is 2.92. The van der Waals surface area contributed by atoms with E-state index in [1.807, 2.05) is 48.3 Å². The van der Waals surface area contributed by atoms with Crippen LogP contribution < -0.4 is 14.8 Å². The van der Waals surface area contributed by atoms with Gasteiger partial charge in [0, 0.05) is 20.6 Å². The molecule has 0 fully saturated rings. The van der Waals surface area contributed by atoms with Gasteiger partial charge in [-0.25, -0.2) is 4.39 Å². The number of halogens is 1. The zero-order chi connectivity index (χ0) is 18.1. The quantitative estimate of drug-likeness (QED) is 0.619. The summed E-state index contributed by atoms with van der Waals surface area (Å²) < 4.78 is 24.3. The number of methoxy groups -OCH3 is 1. The first kappa shape index (κ1) is 18.6. The molecule has 0 unspecified atom stereocenters. The third kappa shape index (κ3) is 5.67. The molecule has 0 aromatic heterocycles. The molecule has 0 atom stereocenters. The molecule has 0 spiro atoms. The van der Waals surface area contributed by atoms with Crippen LogP contribution in [0, 0.1) is 5.82 Å². The minimum Gasteiger partial charge on any atom is -0.494 e. The maximum absolute atomic E-state index is 13.7. The zero-order valence-electron chi connectivity index (χ0n) is 14.8. The van der Waals surface area contributed by atoms with Crippen LogP contribution in [0.2, 0.25) is 0 Å². The fourth-order valence-corrected chi connectivity index (χ4v) is 2.31. The molecule has 25 heavy (non-hydrogen) atoms. The molecule has 5 nitrogen and oxygen atoms in total. The Kier molecular flexibility index (Phi) is 7.07. The number of aliphatic imine (C=N–C) groups is 1. The van der Waals surface area contributed by atoms with Gasteiger partial charge in [0.1, 0.15) is 12.4 Å². The van der Waals surface area contributed by atoms with Gasteiger partial charge < -0.3 is 19.7 Å². The number of likely N-dealkylation sites (N-methyl/N-ethyl adjacent to an activating group) is 1. The first-order valence-electron chi connectivity index (χ1n) is 8.06. The fraction of sp³-hybridized carbons (Fsp3) is 0.316. The molecular weight excluding hydrogens is 321 g/mol. The molecule has 2 aromatic rings. The Balaban J connectivity index is 1.81. The third-order valence-electron chi connectivity index (χ3n) is 3.68. The molecule has 0 aliphatic rings. The second-order valence-electron chi connectivity index (χ2n) is 5.45. The summed E-state index contributed by atoms with van der Waals surface area (Å²) in [5.74, 6) is 1.42. The molecule has 0 radical (unpaired) electrons. The summed E-state index contributed by atoms with van der Waals surface area (Å²) in [7, 11) is 5.09. The molecule has 6 heteroatoms. The Morgan fingerprint density at radius 2 is 1.96 bits per heavy atom. The van der Waals surface area contributed by atoms with Crippen molar-refractivity contribution in [1.29, 1.82) is 0 Å². The molecule has 1 N–H and O–H groups in total. The van der Waals surface area contributed by atoms with Gasteiger partial charge in [0.05, 0.1) is 13.7 Å². The Bertz CT molecular complexity index is 692. The standard InChI is InChI=1S/C19H24FN3O2/c1-21-19(22-14-15-9-10-18(24-3)17(20)13-15)23(2)11-12-25-16-7-5-4-6-8-16/h4-10,13H,11-12,14H2,1-3H3,(H,21,22). The van der Waals surface area contributed by atoms with Crippen LogP contribution in [-0.2, 0) is 6.54 Å². The van der Waals surface area contributed by atoms with Crippen molar-refractivity contribution >= 4 is 5.96 Å². The number of para-hydroxylation sites is 1. The minimum atomic E-state index is -0.374. The number of ether oxygens (including phenoxy) is 2. The number of benzene rings is 2. The van der Waals surface area contributed by atoms with Crippen LogP contribution in [0.25, 0.3) is 0 Å². The summed E-state index contributed by atoms with van der Waals surface area (Å²) in [4.78, 5) is 6.20. The van der Waals surface area contributed by atoms with Crippen LogP contribution >= 0.6 is 0 Å². The summed E-state index contributed by atoms with van der Waals surface area (Å²) >= 11 is 0. The van der Waals surface area contributed by atoms with Crippen molar-refractivity contribution in [1.82, 2.24) is 10.2 Å². The van der Waals surface area contributed by atoms with E-state index in [9.17, 15) is 4.39 Å². The maximum Gasteiger partial charge on any atom is 0.193 e. The van der Waals surface area contributed by atoms with Crippen molar-refractivity contribution in [3.63, 3.8) is 0 Å². The fourth-order valence-electron chi connectivity index (χ4n) is 2.31. The average molecular weight is 345 g/mol. The predicted molar refractivity (Wildman–Crippen MR) is 97.7 cm³/mol. The number of rotatable bonds is 7. The summed E-state index contributed by atoms with van der Waals surface area (Å²) in [6, 6.07) is 14.6. The first-order valence-corrected chi connectivity index (χ1v) is 8.06. The summed E-state index contributed by atoms with van der Waals surface area (Å²) in [6.45, 7) is 1.68. The Labute approximate surface area is 148 Å². The van der Waals surface area contributed by atoms with Crippen LogP contribution in [0.1, 0.15) is 5.56 Å². The number of hydrogen-bond acceptors (Lipinski definition) is 3. The van der Waals surface area contributed by atoms with Gasteiger partial charge in [0.25, 0.3) is 0 Å². The number of nitrogens with one attached hydrogen (secondary N) is 1. The van der Waals surface area contributed by atoms with E-state index in [1.54, 1.807) is 13.1 Å². The van der Waals surface area contributed by atoms with Crippen LogP contribution in [0.4, 0.5) is 4.39 Å². The molecule has 0 saturated heterocycles. The van der Waals surface area contributed by atoms with E-state index in [0.717, 1.165) is 11.3 Å². The van der Waals surface area contributed by atoms with E-state index in [0.29, 0.717) is 25.7 Å². The maximum atomic E-state index is 13.7. The third-order valence-corrected chi connectivity index (χ3v) is 3.68. The molecule has 0 aliphatic carbocycles. The van der Waals surface area contributed by atoms with E-state index >= 15 is 0 Å². The monoisotopic (exact) mass is 345 g/mol. The second-order valence-corrected chi connectivity index (χ2v) is 5.45. The number of nitrogens with zero attached hydrogens (tertiary/aromatic N) is 2. The topological polar surface area (TPSA) is 46.1 Å². The lowest BCUT2D eigenvalue weighted by molar-refractivity contribution is 0.281. The van der Waals surface area contributed by atoms with Crippen LogP contribution in [0.15, 0.2) is 53.5 Å². The van der Waals surface area contributed by atoms with E-state index < -0.39 is 0 Å². The lowest BCUT2D eigenvalue weighted by Crippen LogP contribution is -2.40. The number of hydrogen-bond donors (Lipinski definition) is 1. The van der Waals surface area contributed by atoms with Gasteiger partial charge in [0.2, 0.25) is 0 Å². The van der Waals surface area contributed by atoms with Crippen molar-refractivity contribution < 1.29 is 13.9 Å². The molecule has 0 amide bonds. The van der Waals surface area contributed by atoms with Crippen molar-refractivity contribution in [2.75, 3.05) is 34.4 Å². The molecule has 134 valence electrons. The first-order chi connectivity index (χ1) is 12.1. The number of guanidine groups is 1. The molecule has 0 saturated carbocycles. The normalized spacial score (nSPS) is 11.1. The molecule has 2 aromatic carbocycles. The second kappa shape index (κ2) is 9.52. The molecule has 0 aliphatic heterocycles. The minimum absolute atomic E-state index is 0.239. The Morgan fingerprint density at radius 1 is 1.20 bits per heavy atom. The molecule has 2 rings (SSSR count). The van der Waals surface area contributed by atoms with Crippen LogP contribution in [0.3, 0.4) is 0 Å². The van der Waals surface area contributed by atoms with E-state index in [4.69, 9.17) is 9.47 Å². The highest BCUT2D eigenvalue weighted by atomic mass is 19.1. The molecular formula is C19H24FN3O2. The van der Waals surface area contributed by atoms with Gasteiger partial charge in [-0.3, -0.25) is 4.99 Å². The molecule has 0 bridgehead atoms. The lowest BCUT2D eigenvalue weighted by atomic mass is 10.2. The highest BCUT2D eigenvalue weighted by Crippen LogP contribution is 2.17. The highest BCUT2D eigenvalue weighted by Gasteiger charge is 2.08. The van der Waals surface area contributed by atoms with Gasteiger partial charge in [-0.15, -0.1) is 0 Å². The van der Waals surface area contributed by atoms with Gasteiger partial charge in [-0.05, 0) is 29.8 Å². The highest BCUT2D eigenvalue weighted by molar-refractivity contribution is 5.79. The van der Waals surface area contributed by atoms with Gasteiger partial charge in [-0.1, -0.05) is 24.3 Å². The lowest BCUT2D eigenvalue weighted by Gasteiger charge is -2.22. The SMILES string of the molecule is CN=C(NCc1ccc(OC)c(F)c1)N(C)CCOc1ccccc1. The largest absolute Gasteiger partial charge is 0.494 e. The van der Waals surface area contributed by atoms with Gasteiger partial charge >= 0.3 is 0 Å². The van der Waals surface area contributed by atoms with E-state index in [2.05, 4.69) is 10.3 Å².